The highest BCUT2D eigenvalue weighted by Crippen LogP contribution is 2.42. The molecule has 57 heavy (non-hydrogen) atoms. The molecule has 5 heteroatoms. The van der Waals surface area contributed by atoms with E-state index in [4.69, 9.17) is 15.0 Å². The molecule has 0 unspecified atom stereocenters. The molecule has 0 radical (unpaired) electrons. The van der Waals surface area contributed by atoms with E-state index in [0.29, 0.717) is 5.82 Å². The van der Waals surface area contributed by atoms with E-state index in [9.17, 15) is 0 Å². The molecule has 0 saturated carbocycles. The van der Waals surface area contributed by atoms with Gasteiger partial charge in [0.25, 0.3) is 0 Å². The molecule has 1 aliphatic rings. The molecule has 266 valence electrons. The number of benzene rings is 7. The molecule has 0 aliphatic heterocycles. The molecule has 0 fully saturated rings. The highest BCUT2D eigenvalue weighted by molar-refractivity contribution is 6.12. The molecule has 4 aromatic heterocycles. The van der Waals surface area contributed by atoms with Crippen LogP contribution in [-0.2, 0) is 6.42 Å². The SMILES string of the molecule is c1ccc(-c2nc(-c3cccc(-n4c5ccccc5c5cc(-c6ccc7c(c6)c6ccccc6n7-c6ccccc6)ccc54)n3)c3c(n2)-c2ccccc2C3)cc1. The first kappa shape index (κ1) is 31.7. The number of nitrogens with zero attached hydrogens (tertiary/aromatic N) is 5. The summed E-state index contributed by atoms with van der Waals surface area (Å²) < 4.78 is 4.66. The van der Waals surface area contributed by atoms with Gasteiger partial charge in [-0.15, -0.1) is 0 Å². The van der Waals surface area contributed by atoms with Crippen LogP contribution in [0.25, 0.3) is 100 Å². The van der Waals surface area contributed by atoms with Crippen LogP contribution >= 0.6 is 0 Å². The van der Waals surface area contributed by atoms with Crippen molar-refractivity contribution >= 4 is 43.6 Å². The van der Waals surface area contributed by atoms with Gasteiger partial charge < -0.3 is 4.57 Å². The van der Waals surface area contributed by atoms with E-state index in [-0.39, 0.29) is 0 Å². The molecule has 11 aromatic rings. The van der Waals surface area contributed by atoms with Crippen LogP contribution in [0, 0.1) is 0 Å². The molecule has 0 bridgehead atoms. The Kier molecular flexibility index (Phi) is 6.92. The van der Waals surface area contributed by atoms with Gasteiger partial charge in [0.1, 0.15) is 5.82 Å². The van der Waals surface area contributed by atoms with E-state index < -0.39 is 0 Å². The minimum atomic E-state index is 0.709. The van der Waals surface area contributed by atoms with Crippen molar-refractivity contribution in [2.24, 2.45) is 0 Å². The van der Waals surface area contributed by atoms with Gasteiger partial charge >= 0.3 is 0 Å². The number of aromatic nitrogens is 5. The molecule has 0 saturated heterocycles. The zero-order valence-corrected chi connectivity index (χ0v) is 30.8. The van der Waals surface area contributed by atoms with Gasteiger partial charge in [-0.2, -0.15) is 0 Å². The van der Waals surface area contributed by atoms with Crippen molar-refractivity contribution in [3.8, 4) is 56.7 Å². The number of hydrogen-bond acceptors (Lipinski definition) is 3. The molecule has 0 amide bonds. The van der Waals surface area contributed by atoms with Gasteiger partial charge in [-0.25, -0.2) is 15.0 Å². The smallest absolute Gasteiger partial charge is 0.160 e. The van der Waals surface area contributed by atoms with E-state index in [1.807, 2.05) is 18.2 Å². The number of pyridine rings is 1. The average molecular weight is 728 g/mol. The Hall–Kier alpha value is -7.63. The highest BCUT2D eigenvalue weighted by Gasteiger charge is 2.27. The van der Waals surface area contributed by atoms with Gasteiger partial charge in [-0.1, -0.05) is 127 Å². The third-order valence-electron chi connectivity index (χ3n) is 11.6. The van der Waals surface area contributed by atoms with E-state index in [1.165, 1.54) is 54.8 Å². The number of fused-ring (bicyclic) bond motifs is 9. The fraction of sp³-hybridized carbons (Fsp3) is 0.0192. The molecule has 4 heterocycles. The number of hydrogen-bond donors (Lipinski definition) is 0. The summed E-state index contributed by atoms with van der Waals surface area (Å²) in [5.74, 6) is 1.56. The maximum Gasteiger partial charge on any atom is 0.160 e. The summed E-state index contributed by atoms with van der Waals surface area (Å²) in [4.78, 5) is 15.8. The first-order chi connectivity index (χ1) is 28.3. The van der Waals surface area contributed by atoms with Crippen LogP contribution in [0.5, 0.6) is 0 Å². The van der Waals surface area contributed by atoms with Crippen LogP contribution in [0.2, 0.25) is 0 Å². The average Bonchev–Trinajstić information content (AvgIpc) is 3.94. The van der Waals surface area contributed by atoms with Gasteiger partial charge in [-0.05, 0) is 77.4 Å². The quantitative estimate of drug-likeness (QED) is 0.177. The van der Waals surface area contributed by atoms with Crippen LogP contribution in [0.1, 0.15) is 11.1 Å². The Morgan fingerprint density at radius 1 is 0.386 bits per heavy atom. The van der Waals surface area contributed by atoms with Crippen molar-refractivity contribution in [2.45, 2.75) is 6.42 Å². The second kappa shape index (κ2) is 12.4. The van der Waals surface area contributed by atoms with Crippen molar-refractivity contribution < 1.29 is 0 Å². The summed E-state index contributed by atoms with van der Waals surface area (Å²) in [6.07, 6.45) is 0.776. The Balaban J connectivity index is 1.01. The maximum absolute atomic E-state index is 5.40. The van der Waals surface area contributed by atoms with Gasteiger partial charge in [-0.3, -0.25) is 4.57 Å². The monoisotopic (exact) mass is 727 g/mol. The highest BCUT2D eigenvalue weighted by atomic mass is 15.1. The molecule has 0 atom stereocenters. The number of para-hydroxylation sites is 3. The Morgan fingerprint density at radius 2 is 0.965 bits per heavy atom. The zero-order chi connectivity index (χ0) is 37.5. The van der Waals surface area contributed by atoms with Gasteiger partial charge in [0, 0.05) is 50.3 Å². The summed E-state index contributed by atoms with van der Waals surface area (Å²) in [6.45, 7) is 0. The van der Waals surface area contributed by atoms with Crippen molar-refractivity contribution in [1.82, 2.24) is 24.1 Å². The third-order valence-corrected chi connectivity index (χ3v) is 11.6. The first-order valence-electron chi connectivity index (χ1n) is 19.4. The Morgan fingerprint density at radius 3 is 1.70 bits per heavy atom. The van der Waals surface area contributed by atoms with Crippen molar-refractivity contribution in [1.29, 1.82) is 0 Å². The van der Waals surface area contributed by atoms with Crippen molar-refractivity contribution in [3.05, 3.63) is 199 Å². The van der Waals surface area contributed by atoms with Crippen LogP contribution in [0.3, 0.4) is 0 Å². The second-order valence-electron chi connectivity index (χ2n) is 14.8. The van der Waals surface area contributed by atoms with E-state index >= 15 is 0 Å². The lowest BCUT2D eigenvalue weighted by molar-refractivity contribution is 1.06. The van der Waals surface area contributed by atoms with E-state index in [2.05, 4.69) is 179 Å². The molecule has 0 spiro atoms. The van der Waals surface area contributed by atoms with Crippen LogP contribution in [-0.4, -0.2) is 24.1 Å². The Labute approximate surface area is 328 Å². The lowest BCUT2D eigenvalue weighted by atomic mass is 10.0. The van der Waals surface area contributed by atoms with Gasteiger partial charge in [0.2, 0.25) is 0 Å². The summed E-state index contributed by atoms with van der Waals surface area (Å²) in [5.41, 5.74) is 15.4. The Bertz CT molecular complexity index is 3380. The zero-order valence-electron chi connectivity index (χ0n) is 30.8. The van der Waals surface area contributed by atoms with E-state index in [1.54, 1.807) is 0 Å². The number of rotatable bonds is 5. The molecule has 7 aromatic carbocycles. The molecule has 0 N–H and O–H groups in total. The largest absolute Gasteiger partial charge is 0.309 e. The van der Waals surface area contributed by atoms with Gasteiger partial charge in [0.15, 0.2) is 5.82 Å². The topological polar surface area (TPSA) is 48.5 Å². The van der Waals surface area contributed by atoms with Gasteiger partial charge in [0.05, 0.1) is 39.1 Å². The van der Waals surface area contributed by atoms with Crippen molar-refractivity contribution in [3.63, 3.8) is 0 Å². The van der Waals surface area contributed by atoms with Crippen LogP contribution < -0.4 is 0 Å². The lowest BCUT2D eigenvalue weighted by Gasteiger charge is -2.13. The van der Waals surface area contributed by atoms with Crippen LogP contribution in [0.4, 0.5) is 0 Å². The van der Waals surface area contributed by atoms with E-state index in [0.717, 1.165) is 57.2 Å². The first-order valence-corrected chi connectivity index (χ1v) is 19.4. The standard InChI is InChI=1S/C52H33N5/c1-3-14-33(15-4-1)52-54-50-38-19-8-7-16-36(38)32-43(50)51(55-52)44-22-13-25-49(53-44)57-46-24-12-10-21-40(46)42-31-35(27-29-48(42)57)34-26-28-47-41(30-34)39-20-9-11-23-45(39)56(47)37-17-5-2-6-18-37/h1-31H,32H2. The second-order valence-corrected chi connectivity index (χ2v) is 14.8. The summed E-state index contributed by atoms with van der Waals surface area (Å²) in [7, 11) is 0. The molecular formula is C52H33N5. The fourth-order valence-electron chi connectivity index (χ4n) is 8.98. The predicted octanol–water partition coefficient (Wildman–Crippen LogP) is 12.6. The summed E-state index contributed by atoms with van der Waals surface area (Å²) in [5, 5.41) is 4.86. The fourth-order valence-corrected chi connectivity index (χ4v) is 8.98. The molecular weight excluding hydrogens is 695 g/mol. The summed E-state index contributed by atoms with van der Waals surface area (Å²) in [6, 6.07) is 66.8. The lowest BCUT2D eigenvalue weighted by Crippen LogP contribution is -2.03. The minimum Gasteiger partial charge on any atom is -0.309 e. The molecule has 5 nitrogen and oxygen atoms in total. The van der Waals surface area contributed by atoms with Crippen molar-refractivity contribution in [2.75, 3.05) is 0 Å². The summed E-state index contributed by atoms with van der Waals surface area (Å²) >= 11 is 0. The van der Waals surface area contributed by atoms with Crippen LogP contribution in [0.15, 0.2) is 188 Å². The predicted molar refractivity (Wildman–Crippen MR) is 233 cm³/mol. The molecule has 1 aliphatic carbocycles. The molecule has 12 rings (SSSR count). The maximum atomic E-state index is 5.40. The third kappa shape index (κ3) is 4.92. The normalized spacial score (nSPS) is 12.1. The minimum absolute atomic E-state index is 0.709.